The van der Waals surface area contributed by atoms with Crippen molar-refractivity contribution in [1.29, 1.82) is 0 Å². The molecule has 0 aliphatic carbocycles. The molecule has 106 valence electrons. The van der Waals surface area contributed by atoms with Crippen LogP contribution in [0.15, 0.2) is 36.8 Å². The molecule has 1 atom stereocenters. The van der Waals surface area contributed by atoms with Crippen molar-refractivity contribution < 1.29 is 1.43 Å². The van der Waals surface area contributed by atoms with Gasteiger partial charge in [-0.3, -0.25) is 0 Å². The number of hydrogen-bond acceptors (Lipinski definition) is 2. The Hall–Kier alpha value is -1.61. The average Bonchev–Trinajstić information content (AvgIpc) is 2.98. The number of rotatable bonds is 4. The molecule has 0 unspecified atom stereocenters. The lowest BCUT2D eigenvalue weighted by Crippen LogP contribution is -2.14. The molecule has 0 spiro atoms. The van der Waals surface area contributed by atoms with Gasteiger partial charge in [-0.2, -0.15) is 0 Å². The molecule has 1 aromatic carbocycles. The number of nitrogens with zero attached hydrogens (tertiary/aromatic N) is 2. The van der Waals surface area contributed by atoms with Gasteiger partial charge in [0.2, 0.25) is 0 Å². The molecule has 0 radical (unpaired) electrons. The minimum atomic E-state index is 0. The summed E-state index contributed by atoms with van der Waals surface area (Å²) < 4.78 is 2.06. The van der Waals surface area contributed by atoms with Crippen LogP contribution in [0.1, 0.15) is 40.7 Å². The topological polar surface area (TPSA) is 43.8 Å². The molecule has 0 fully saturated rings. The zero-order valence-electron chi connectivity index (χ0n) is 12.4. The molecule has 3 nitrogen and oxygen atoms in total. The van der Waals surface area contributed by atoms with Crippen molar-refractivity contribution in [3.8, 4) is 11.3 Å². The van der Waals surface area contributed by atoms with E-state index in [1.54, 1.807) is 0 Å². The Kier molecular flexibility index (Phi) is 6.30. The van der Waals surface area contributed by atoms with Crippen LogP contribution in [0, 0.1) is 0 Å². The van der Waals surface area contributed by atoms with E-state index in [0.29, 0.717) is 12.6 Å². The van der Waals surface area contributed by atoms with E-state index in [-0.39, 0.29) is 1.43 Å². The summed E-state index contributed by atoms with van der Waals surface area (Å²) in [6.45, 7) is 8.88. The van der Waals surface area contributed by atoms with Crippen LogP contribution in [0.25, 0.3) is 11.3 Å². The fourth-order valence-corrected chi connectivity index (χ4v) is 1.76. The Balaban J connectivity index is 0.00000115. The third-order valence-electron chi connectivity index (χ3n) is 3.11. The summed E-state index contributed by atoms with van der Waals surface area (Å²) in [5.74, 6) is 0. The van der Waals surface area contributed by atoms with Crippen LogP contribution in [-0.4, -0.2) is 16.1 Å². The highest BCUT2D eigenvalue weighted by atomic mass is 15.1. The summed E-state index contributed by atoms with van der Waals surface area (Å²) in [5.41, 5.74) is 9.16. The lowest BCUT2D eigenvalue weighted by molar-refractivity contribution is 0.558. The van der Waals surface area contributed by atoms with E-state index in [1.807, 2.05) is 20.2 Å². The first kappa shape index (κ1) is 15.4. The van der Waals surface area contributed by atoms with Crippen molar-refractivity contribution in [3.63, 3.8) is 0 Å². The van der Waals surface area contributed by atoms with Gasteiger partial charge in [0, 0.05) is 25.8 Å². The van der Waals surface area contributed by atoms with Crippen molar-refractivity contribution in [3.05, 3.63) is 42.4 Å². The molecule has 1 aromatic heterocycles. The fourth-order valence-electron chi connectivity index (χ4n) is 1.76. The van der Waals surface area contributed by atoms with E-state index in [2.05, 4.69) is 53.9 Å². The molecule has 2 aromatic rings. The van der Waals surface area contributed by atoms with Crippen molar-refractivity contribution in [2.24, 2.45) is 5.73 Å². The highest BCUT2D eigenvalue weighted by molar-refractivity contribution is 5.58. The first-order chi connectivity index (χ1) is 9.24. The standard InChI is InChI=1S/C14H19N3.C2H6.H2/c1-3-12-4-6-13(7-5-12)14-9-17(10-16-14)11(2)8-15;1-2;/h4-7,9-11H,3,8,15H2,1-2H3;1-2H3;1H/t11-;;/m0../s1. The van der Waals surface area contributed by atoms with Crippen LogP contribution in [0.3, 0.4) is 0 Å². The highest BCUT2D eigenvalue weighted by Crippen LogP contribution is 2.19. The van der Waals surface area contributed by atoms with E-state index in [4.69, 9.17) is 5.73 Å². The first-order valence-electron chi connectivity index (χ1n) is 7.07. The zero-order valence-corrected chi connectivity index (χ0v) is 12.4. The van der Waals surface area contributed by atoms with Gasteiger partial charge in [-0.1, -0.05) is 45.0 Å². The third kappa shape index (κ3) is 3.93. The minimum Gasteiger partial charge on any atom is -0.333 e. The molecule has 1 heterocycles. The van der Waals surface area contributed by atoms with Gasteiger partial charge in [0.25, 0.3) is 0 Å². The summed E-state index contributed by atoms with van der Waals surface area (Å²) in [5, 5.41) is 0. The third-order valence-corrected chi connectivity index (χ3v) is 3.11. The number of nitrogens with two attached hydrogens (primary N) is 1. The summed E-state index contributed by atoms with van der Waals surface area (Å²) in [6, 6.07) is 8.85. The quantitative estimate of drug-likeness (QED) is 0.907. The highest BCUT2D eigenvalue weighted by Gasteiger charge is 2.05. The smallest absolute Gasteiger partial charge is 0.0956 e. The van der Waals surface area contributed by atoms with E-state index >= 15 is 0 Å². The molecule has 0 saturated heterocycles. The van der Waals surface area contributed by atoms with Crippen molar-refractivity contribution in [2.75, 3.05) is 6.54 Å². The summed E-state index contributed by atoms with van der Waals surface area (Å²) in [4.78, 5) is 4.42. The maximum Gasteiger partial charge on any atom is 0.0956 e. The second kappa shape index (κ2) is 7.74. The van der Waals surface area contributed by atoms with E-state index < -0.39 is 0 Å². The van der Waals surface area contributed by atoms with Crippen molar-refractivity contribution >= 4 is 0 Å². The van der Waals surface area contributed by atoms with Crippen LogP contribution < -0.4 is 5.73 Å². The molecule has 0 aliphatic rings. The number of imidazole rings is 1. The van der Waals surface area contributed by atoms with Crippen LogP contribution in [-0.2, 0) is 6.42 Å². The first-order valence-corrected chi connectivity index (χ1v) is 7.07. The van der Waals surface area contributed by atoms with Gasteiger partial charge in [0.1, 0.15) is 0 Å². The second-order valence-corrected chi connectivity index (χ2v) is 4.34. The zero-order chi connectivity index (χ0) is 14.3. The number of hydrogen-bond donors (Lipinski definition) is 1. The lowest BCUT2D eigenvalue weighted by atomic mass is 10.1. The van der Waals surface area contributed by atoms with Gasteiger partial charge in [0.15, 0.2) is 0 Å². The van der Waals surface area contributed by atoms with Gasteiger partial charge < -0.3 is 10.3 Å². The summed E-state index contributed by atoms with van der Waals surface area (Å²) >= 11 is 0. The Morgan fingerprint density at radius 1 is 1.26 bits per heavy atom. The monoisotopic (exact) mass is 261 g/mol. The van der Waals surface area contributed by atoms with Gasteiger partial charge in [-0.15, -0.1) is 0 Å². The van der Waals surface area contributed by atoms with E-state index in [1.165, 1.54) is 5.56 Å². The molecule has 0 bridgehead atoms. The Bertz CT molecular complexity index is 477. The predicted molar refractivity (Wildman–Crippen MR) is 84.3 cm³/mol. The Morgan fingerprint density at radius 3 is 2.42 bits per heavy atom. The molecule has 0 saturated carbocycles. The fraction of sp³-hybridized carbons (Fsp3) is 0.438. The lowest BCUT2D eigenvalue weighted by Gasteiger charge is -2.08. The molecule has 3 heteroatoms. The average molecular weight is 261 g/mol. The van der Waals surface area contributed by atoms with E-state index in [9.17, 15) is 0 Å². The molecule has 19 heavy (non-hydrogen) atoms. The molecule has 0 aliphatic heterocycles. The number of aryl methyl sites for hydroxylation is 1. The number of benzene rings is 1. The summed E-state index contributed by atoms with van der Waals surface area (Å²) in [6.07, 6.45) is 4.97. The van der Waals surface area contributed by atoms with Crippen LogP contribution in [0.5, 0.6) is 0 Å². The molecule has 0 amide bonds. The van der Waals surface area contributed by atoms with Crippen LogP contribution in [0.2, 0.25) is 0 Å². The predicted octanol–water partition coefficient (Wildman–Crippen LogP) is 3.90. The SMILES string of the molecule is CC.CCc1ccc(-c2cn([C@@H](C)CN)cn2)cc1.[HH]. The second-order valence-electron chi connectivity index (χ2n) is 4.34. The van der Waals surface area contributed by atoms with Crippen molar-refractivity contribution in [2.45, 2.75) is 40.2 Å². The van der Waals surface area contributed by atoms with Gasteiger partial charge in [-0.25, -0.2) is 4.98 Å². The van der Waals surface area contributed by atoms with Crippen molar-refractivity contribution in [1.82, 2.24) is 9.55 Å². The molecule has 2 rings (SSSR count). The molecule has 2 N–H and O–H groups in total. The minimum absolute atomic E-state index is 0. The Labute approximate surface area is 118 Å². The van der Waals surface area contributed by atoms with Gasteiger partial charge in [-0.05, 0) is 18.9 Å². The van der Waals surface area contributed by atoms with Crippen LogP contribution >= 0.6 is 0 Å². The maximum absolute atomic E-state index is 5.64. The van der Waals surface area contributed by atoms with E-state index in [0.717, 1.165) is 17.7 Å². The largest absolute Gasteiger partial charge is 0.333 e. The molecular formula is C16H27N3. The maximum atomic E-state index is 5.64. The molecular weight excluding hydrogens is 234 g/mol. The number of aromatic nitrogens is 2. The summed E-state index contributed by atoms with van der Waals surface area (Å²) in [7, 11) is 0. The van der Waals surface area contributed by atoms with Gasteiger partial charge >= 0.3 is 0 Å². The van der Waals surface area contributed by atoms with Gasteiger partial charge in [0.05, 0.1) is 12.0 Å². The Morgan fingerprint density at radius 2 is 1.89 bits per heavy atom. The normalized spacial score (nSPS) is 11.6. The van der Waals surface area contributed by atoms with Crippen LogP contribution in [0.4, 0.5) is 0 Å².